The van der Waals surface area contributed by atoms with E-state index in [4.69, 9.17) is 27.9 Å². The summed E-state index contributed by atoms with van der Waals surface area (Å²) < 4.78 is 5.80. The van der Waals surface area contributed by atoms with Crippen LogP contribution in [0.3, 0.4) is 0 Å². The second-order valence-electron chi connectivity index (χ2n) is 9.71. The van der Waals surface area contributed by atoms with Gasteiger partial charge in [-0.2, -0.15) is 0 Å². The normalized spacial score (nSPS) is 17.9. The fraction of sp³-hybridized carbons (Fsp3) is 0.500. The molecule has 35 heavy (non-hydrogen) atoms. The first-order valence-corrected chi connectivity index (χ1v) is 13.4. The fourth-order valence-electron chi connectivity index (χ4n) is 5.13. The molecule has 1 aliphatic carbocycles. The van der Waals surface area contributed by atoms with Gasteiger partial charge >= 0.3 is 0 Å². The van der Waals surface area contributed by atoms with Crippen LogP contribution in [0.25, 0.3) is 0 Å². The van der Waals surface area contributed by atoms with E-state index in [1.54, 1.807) is 0 Å². The number of carbonyl (C=O) groups is 2. The molecule has 1 saturated carbocycles. The number of rotatable bonds is 10. The van der Waals surface area contributed by atoms with Crippen LogP contribution >= 0.6 is 23.2 Å². The minimum Gasteiger partial charge on any atom is -0.490 e. The average Bonchev–Trinajstić information content (AvgIpc) is 3.18. The molecule has 2 amide bonds. The van der Waals surface area contributed by atoms with E-state index in [-0.39, 0.29) is 31.0 Å². The van der Waals surface area contributed by atoms with E-state index < -0.39 is 0 Å². The molecule has 7 heteroatoms. The first-order valence-electron chi connectivity index (χ1n) is 12.6. The Hall–Kier alpha value is -2.08. The number of carbonyl (C=O) groups excluding carboxylic acids is 2. The van der Waals surface area contributed by atoms with Crippen molar-refractivity contribution in [1.29, 1.82) is 0 Å². The summed E-state index contributed by atoms with van der Waals surface area (Å²) in [5, 5.41) is 1.29. The molecule has 2 fully saturated rings. The van der Waals surface area contributed by atoms with Gasteiger partial charge in [-0.05, 0) is 61.1 Å². The largest absolute Gasteiger partial charge is 0.490 e. The van der Waals surface area contributed by atoms with Gasteiger partial charge in [-0.15, -0.1) is 0 Å². The molecule has 4 rings (SSSR count). The van der Waals surface area contributed by atoms with Gasteiger partial charge < -0.3 is 4.74 Å². The predicted molar refractivity (Wildman–Crippen MR) is 140 cm³/mol. The molecule has 0 radical (unpaired) electrons. The zero-order valence-electron chi connectivity index (χ0n) is 20.3. The van der Waals surface area contributed by atoms with Gasteiger partial charge in [-0.1, -0.05) is 60.7 Å². The van der Waals surface area contributed by atoms with Crippen LogP contribution in [-0.4, -0.2) is 41.3 Å². The van der Waals surface area contributed by atoms with Crippen molar-refractivity contribution in [2.24, 2.45) is 5.92 Å². The van der Waals surface area contributed by atoms with Crippen molar-refractivity contribution in [2.75, 3.05) is 19.7 Å². The lowest BCUT2D eigenvalue weighted by Crippen LogP contribution is -2.33. The molecule has 2 aromatic carbocycles. The van der Waals surface area contributed by atoms with Gasteiger partial charge in [-0.25, -0.2) is 0 Å². The van der Waals surface area contributed by atoms with Crippen molar-refractivity contribution in [3.63, 3.8) is 0 Å². The van der Waals surface area contributed by atoms with E-state index in [1.165, 1.54) is 42.6 Å². The Morgan fingerprint density at radius 2 is 1.69 bits per heavy atom. The van der Waals surface area contributed by atoms with Crippen molar-refractivity contribution >= 4 is 35.0 Å². The number of ether oxygens (including phenoxy) is 1. The van der Waals surface area contributed by atoms with E-state index in [0.717, 1.165) is 23.7 Å². The van der Waals surface area contributed by atoms with Gasteiger partial charge in [0.05, 0.1) is 11.6 Å². The first-order chi connectivity index (χ1) is 16.9. The molecule has 2 aromatic rings. The van der Waals surface area contributed by atoms with Gasteiger partial charge in [0.1, 0.15) is 12.4 Å². The number of imide groups is 1. The lowest BCUT2D eigenvalue weighted by atomic mass is 9.88. The molecule has 1 atom stereocenters. The van der Waals surface area contributed by atoms with Gasteiger partial charge in [0.2, 0.25) is 11.8 Å². The van der Waals surface area contributed by atoms with Gasteiger partial charge in [0, 0.05) is 37.0 Å². The third kappa shape index (κ3) is 6.99. The highest BCUT2D eigenvalue weighted by Crippen LogP contribution is 2.32. The maximum absolute atomic E-state index is 11.8. The first kappa shape index (κ1) is 26.0. The molecule has 1 aliphatic heterocycles. The minimum absolute atomic E-state index is 0.132. The monoisotopic (exact) mass is 516 g/mol. The second kappa shape index (κ2) is 12.2. The summed E-state index contributed by atoms with van der Waals surface area (Å²) in [5.41, 5.74) is 2.38. The Labute approximate surface area is 218 Å². The molecule has 0 aromatic heterocycles. The molecule has 0 N–H and O–H groups in total. The molecule has 1 heterocycles. The zero-order valence-corrected chi connectivity index (χ0v) is 21.9. The Kier molecular flexibility index (Phi) is 9.10. The molecule has 5 nitrogen and oxygen atoms in total. The highest BCUT2D eigenvalue weighted by Gasteiger charge is 2.28. The number of hydrogen-bond acceptors (Lipinski definition) is 4. The lowest BCUT2D eigenvalue weighted by molar-refractivity contribution is -0.138. The molecule has 2 aliphatic rings. The summed E-state index contributed by atoms with van der Waals surface area (Å²) in [6.07, 6.45) is 7.15. The molecule has 0 spiro atoms. The second-order valence-corrected chi connectivity index (χ2v) is 10.6. The molecular formula is C28H34Cl2N2O3. The fourth-order valence-corrected chi connectivity index (χ4v) is 5.51. The van der Waals surface area contributed by atoms with Gasteiger partial charge in [0.15, 0.2) is 0 Å². The maximum Gasteiger partial charge on any atom is 0.229 e. The van der Waals surface area contributed by atoms with Crippen LogP contribution in [0.15, 0.2) is 42.5 Å². The van der Waals surface area contributed by atoms with Crippen LogP contribution in [0.2, 0.25) is 10.0 Å². The van der Waals surface area contributed by atoms with Crippen LogP contribution < -0.4 is 4.74 Å². The van der Waals surface area contributed by atoms with Crippen molar-refractivity contribution < 1.29 is 14.3 Å². The number of amides is 2. The van der Waals surface area contributed by atoms with E-state index in [9.17, 15) is 9.59 Å². The van der Waals surface area contributed by atoms with E-state index in [1.807, 2.05) is 24.3 Å². The van der Waals surface area contributed by atoms with E-state index in [2.05, 4.69) is 30.0 Å². The topological polar surface area (TPSA) is 49.9 Å². The summed E-state index contributed by atoms with van der Waals surface area (Å²) in [6.45, 7) is 4.59. The van der Waals surface area contributed by atoms with Crippen LogP contribution in [0.5, 0.6) is 5.75 Å². The van der Waals surface area contributed by atoms with Crippen LogP contribution in [0.1, 0.15) is 69.0 Å². The quantitative estimate of drug-likeness (QED) is 0.331. The van der Waals surface area contributed by atoms with Crippen molar-refractivity contribution in [1.82, 2.24) is 9.80 Å². The summed E-state index contributed by atoms with van der Waals surface area (Å²) in [5.74, 6) is 1.02. The van der Waals surface area contributed by atoms with Crippen molar-refractivity contribution in [2.45, 2.75) is 64.5 Å². The molecule has 188 valence electrons. The number of hydrogen-bond donors (Lipinski definition) is 0. The maximum atomic E-state index is 11.8. The van der Waals surface area contributed by atoms with Crippen molar-refractivity contribution in [3.8, 4) is 5.75 Å². The smallest absolute Gasteiger partial charge is 0.229 e. The molecule has 0 unspecified atom stereocenters. The molecular weight excluding hydrogens is 483 g/mol. The van der Waals surface area contributed by atoms with Crippen LogP contribution in [-0.2, 0) is 16.1 Å². The number of halogens is 2. The molecule has 0 bridgehead atoms. The average molecular weight is 517 g/mol. The minimum atomic E-state index is -0.132. The number of nitrogens with zero attached hydrogens (tertiary/aromatic N) is 2. The van der Waals surface area contributed by atoms with Gasteiger partial charge in [-0.3, -0.25) is 19.4 Å². The number of likely N-dealkylation sites (tertiary alicyclic amines) is 1. The number of benzene rings is 2. The van der Waals surface area contributed by atoms with Crippen molar-refractivity contribution in [3.05, 3.63) is 63.6 Å². The summed E-state index contributed by atoms with van der Waals surface area (Å²) in [4.78, 5) is 27.3. The zero-order chi connectivity index (χ0) is 24.8. The Morgan fingerprint density at radius 1 is 1.00 bits per heavy atom. The van der Waals surface area contributed by atoms with Gasteiger partial charge in [0.25, 0.3) is 0 Å². The SMILES string of the molecule is C[C@@H](c1ccc(Cl)cc1)N(Cc1ccc(OCCN2C(=O)CCC2=O)c(Cl)c1)CC1CCCCC1. The van der Waals surface area contributed by atoms with E-state index >= 15 is 0 Å². The Morgan fingerprint density at radius 3 is 2.34 bits per heavy atom. The van der Waals surface area contributed by atoms with Crippen LogP contribution in [0, 0.1) is 5.92 Å². The Bertz CT molecular complexity index is 1010. The predicted octanol–water partition coefficient (Wildman–Crippen LogP) is 6.66. The Balaban J connectivity index is 1.41. The highest BCUT2D eigenvalue weighted by atomic mass is 35.5. The third-order valence-electron chi connectivity index (χ3n) is 7.23. The molecule has 1 saturated heterocycles. The van der Waals surface area contributed by atoms with E-state index in [0.29, 0.717) is 29.5 Å². The summed E-state index contributed by atoms with van der Waals surface area (Å²) in [7, 11) is 0. The summed E-state index contributed by atoms with van der Waals surface area (Å²) >= 11 is 12.7. The lowest BCUT2D eigenvalue weighted by Gasteiger charge is -2.34. The standard InChI is InChI=1S/C28H34Cl2N2O3/c1-20(23-8-10-24(29)11-9-23)31(18-21-5-3-2-4-6-21)19-22-7-12-26(25(30)17-22)35-16-15-32-27(33)13-14-28(32)34/h7-12,17,20-21H,2-6,13-16,18-19H2,1H3/t20-/m0/s1. The van der Waals surface area contributed by atoms with Crippen LogP contribution in [0.4, 0.5) is 0 Å². The highest BCUT2D eigenvalue weighted by molar-refractivity contribution is 6.32. The summed E-state index contributed by atoms with van der Waals surface area (Å²) in [6, 6.07) is 14.3. The third-order valence-corrected chi connectivity index (χ3v) is 7.77.